The number of H-pyrrole nitrogens is 1. The third-order valence-electron chi connectivity index (χ3n) is 4.32. The van der Waals surface area contributed by atoms with Crippen LogP contribution in [-0.2, 0) is 4.74 Å². The Labute approximate surface area is 149 Å². The molecule has 3 N–H and O–H groups in total. The van der Waals surface area contributed by atoms with Gasteiger partial charge in [0.25, 0.3) is 0 Å². The first-order chi connectivity index (χ1) is 12.7. The van der Waals surface area contributed by atoms with Crippen LogP contribution in [0.5, 0.6) is 5.88 Å². The number of aromatic nitrogens is 3. The van der Waals surface area contributed by atoms with E-state index in [1.807, 2.05) is 30.5 Å². The number of carboxylic acids is 1. The molecule has 0 aliphatic carbocycles. The average Bonchev–Trinajstić information content (AvgIpc) is 3.31. The number of rotatable bonds is 5. The third-order valence-corrected chi connectivity index (χ3v) is 4.32. The van der Waals surface area contributed by atoms with E-state index in [0.717, 1.165) is 16.5 Å². The zero-order valence-corrected chi connectivity index (χ0v) is 14.2. The predicted molar refractivity (Wildman–Crippen MR) is 95.7 cm³/mol. The SMILES string of the molecule is CNc1nc(-c2cccc3cc[nH]c23)nc(O[C@H]2CCOC2)c1C(=O)O. The van der Waals surface area contributed by atoms with Crippen LogP contribution in [0.3, 0.4) is 0 Å². The number of ether oxygens (including phenoxy) is 2. The molecular weight excluding hydrogens is 336 g/mol. The Balaban J connectivity index is 1.87. The maximum atomic E-state index is 11.8. The Kier molecular flexibility index (Phi) is 4.18. The Morgan fingerprint density at radius 3 is 3.00 bits per heavy atom. The van der Waals surface area contributed by atoms with E-state index >= 15 is 0 Å². The normalized spacial score (nSPS) is 16.7. The minimum absolute atomic E-state index is 0.0471. The summed E-state index contributed by atoms with van der Waals surface area (Å²) < 4.78 is 11.2. The summed E-state index contributed by atoms with van der Waals surface area (Å²) in [6.07, 6.45) is 2.31. The van der Waals surface area contributed by atoms with Gasteiger partial charge < -0.3 is 24.9 Å². The summed E-state index contributed by atoms with van der Waals surface area (Å²) in [7, 11) is 1.62. The summed E-state index contributed by atoms with van der Waals surface area (Å²) in [4.78, 5) is 23.8. The molecule has 8 nitrogen and oxygen atoms in total. The number of nitrogens with zero attached hydrogens (tertiary/aromatic N) is 2. The highest BCUT2D eigenvalue weighted by molar-refractivity contribution is 5.97. The van der Waals surface area contributed by atoms with Gasteiger partial charge in [-0.15, -0.1) is 0 Å². The van der Waals surface area contributed by atoms with Crippen molar-refractivity contribution in [3.05, 3.63) is 36.0 Å². The maximum Gasteiger partial charge on any atom is 0.345 e. The fraction of sp³-hybridized carbons (Fsp3) is 0.278. The van der Waals surface area contributed by atoms with Gasteiger partial charge in [0, 0.05) is 30.6 Å². The molecule has 1 saturated heterocycles. The summed E-state index contributed by atoms with van der Waals surface area (Å²) in [5.41, 5.74) is 1.57. The van der Waals surface area contributed by atoms with Crippen molar-refractivity contribution in [2.45, 2.75) is 12.5 Å². The van der Waals surface area contributed by atoms with Gasteiger partial charge in [-0.2, -0.15) is 4.98 Å². The van der Waals surface area contributed by atoms with Gasteiger partial charge in [0.1, 0.15) is 11.9 Å². The second kappa shape index (κ2) is 6.64. The molecule has 0 spiro atoms. The number of fused-ring (bicyclic) bond motifs is 1. The highest BCUT2D eigenvalue weighted by Crippen LogP contribution is 2.31. The molecule has 1 aliphatic heterocycles. The van der Waals surface area contributed by atoms with Crippen molar-refractivity contribution in [2.24, 2.45) is 0 Å². The fourth-order valence-corrected chi connectivity index (χ4v) is 3.05. The number of hydrogen-bond acceptors (Lipinski definition) is 6. The van der Waals surface area contributed by atoms with Crippen LogP contribution in [0.1, 0.15) is 16.8 Å². The van der Waals surface area contributed by atoms with E-state index in [2.05, 4.69) is 20.3 Å². The highest BCUT2D eigenvalue weighted by Gasteiger charge is 2.26. The summed E-state index contributed by atoms with van der Waals surface area (Å²) in [5.74, 6) is -0.500. The lowest BCUT2D eigenvalue weighted by Gasteiger charge is -2.16. The van der Waals surface area contributed by atoms with Crippen molar-refractivity contribution >= 4 is 22.7 Å². The summed E-state index contributed by atoms with van der Waals surface area (Å²) >= 11 is 0. The van der Waals surface area contributed by atoms with E-state index in [0.29, 0.717) is 25.5 Å². The topological polar surface area (TPSA) is 109 Å². The molecule has 4 rings (SSSR count). The van der Waals surface area contributed by atoms with Gasteiger partial charge in [0.15, 0.2) is 11.4 Å². The maximum absolute atomic E-state index is 11.8. The average molecular weight is 354 g/mol. The van der Waals surface area contributed by atoms with Crippen LogP contribution in [-0.4, -0.2) is 52.4 Å². The number of aromatic amines is 1. The van der Waals surface area contributed by atoms with Gasteiger partial charge in [0.2, 0.25) is 5.88 Å². The number of carboxylic acid groups (broad SMARTS) is 1. The van der Waals surface area contributed by atoms with E-state index in [4.69, 9.17) is 9.47 Å². The van der Waals surface area contributed by atoms with Gasteiger partial charge >= 0.3 is 5.97 Å². The van der Waals surface area contributed by atoms with E-state index in [1.165, 1.54) is 0 Å². The van der Waals surface area contributed by atoms with Gasteiger partial charge in [-0.3, -0.25) is 0 Å². The molecule has 1 atom stereocenters. The molecule has 3 heterocycles. The van der Waals surface area contributed by atoms with Crippen LogP contribution in [0.4, 0.5) is 5.82 Å². The Morgan fingerprint density at radius 1 is 1.38 bits per heavy atom. The fourth-order valence-electron chi connectivity index (χ4n) is 3.05. The van der Waals surface area contributed by atoms with Crippen molar-refractivity contribution in [1.29, 1.82) is 0 Å². The lowest BCUT2D eigenvalue weighted by Crippen LogP contribution is -2.20. The lowest BCUT2D eigenvalue weighted by molar-refractivity contribution is 0.0686. The first-order valence-electron chi connectivity index (χ1n) is 8.31. The minimum atomic E-state index is -1.15. The molecule has 0 bridgehead atoms. The van der Waals surface area contributed by atoms with Crippen molar-refractivity contribution in [3.8, 4) is 17.3 Å². The molecule has 1 aliphatic rings. The zero-order valence-electron chi connectivity index (χ0n) is 14.2. The van der Waals surface area contributed by atoms with Gasteiger partial charge in [-0.25, -0.2) is 9.78 Å². The van der Waals surface area contributed by atoms with E-state index in [9.17, 15) is 9.90 Å². The summed E-state index contributed by atoms with van der Waals surface area (Å²) in [6, 6.07) is 7.73. The van der Waals surface area contributed by atoms with Crippen LogP contribution >= 0.6 is 0 Å². The number of nitrogens with one attached hydrogen (secondary N) is 2. The van der Waals surface area contributed by atoms with E-state index in [1.54, 1.807) is 7.05 Å². The van der Waals surface area contributed by atoms with E-state index in [-0.39, 0.29) is 23.4 Å². The Morgan fingerprint density at radius 2 is 2.27 bits per heavy atom. The molecule has 2 aromatic heterocycles. The van der Waals surface area contributed by atoms with Crippen LogP contribution < -0.4 is 10.1 Å². The Bertz CT molecular complexity index is 963. The molecule has 1 aromatic carbocycles. The first-order valence-corrected chi connectivity index (χ1v) is 8.31. The summed E-state index contributed by atoms with van der Waals surface area (Å²) in [6.45, 7) is 1.01. The number of carbonyl (C=O) groups is 1. The largest absolute Gasteiger partial charge is 0.477 e. The molecule has 26 heavy (non-hydrogen) atoms. The molecule has 0 saturated carbocycles. The van der Waals surface area contributed by atoms with Crippen LogP contribution in [0.2, 0.25) is 0 Å². The number of anilines is 1. The molecule has 8 heteroatoms. The van der Waals surface area contributed by atoms with Crippen molar-refractivity contribution in [3.63, 3.8) is 0 Å². The molecule has 0 amide bonds. The smallest absolute Gasteiger partial charge is 0.345 e. The molecule has 3 aromatic rings. The van der Waals surface area contributed by atoms with Gasteiger partial charge in [-0.1, -0.05) is 12.1 Å². The second-order valence-electron chi connectivity index (χ2n) is 5.98. The minimum Gasteiger partial charge on any atom is -0.477 e. The van der Waals surface area contributed by atoms with Gasteiger partial charge in [0.05, 0.1) is 18.7 Å². The van der Waals surface area contributed by atoms with Gasteiger partial charge in [-0.05, 0) is 12.1 Å². The number of benzene rings is 1. The van der Waals surface area contributed by atoms with E-state index < -0.39 is 5.97 Å². The first kappa shape index (κ1) is 16.3. The molecule has 1 fully saturated rings. The van der Waals surface area contributed by atoms with Crippen LogP contribution in [0, 0.1) is 0 Å². The second-order valence-corrected chi connectivity index (χ2v) is 5.98. The standard InChI is InChI=1S/C18H18N4O4/c1-19-16-13(18(23)24)17(26-11-6-8-25-9-11)22-15(21-16)12-4-2-3-10-5-7-20-14(10)12/h2-5,7,11,20H,6,8-9H2,1H3,(H,23,24)(H,19,21,22)/t11-/m0/s1. The number of hydrogen-bond donors (Lipinski definition) is 3. The number of para-hydroxylation sites is 1. The predicted octanol–water partition coefficient (Wildman–Crippen LogP) is 2.53. The monoisotopic (exact) mass is 354 g/mol. The Hall–Kier alpha value is -3.13. The number of aromatic carboxylic acids is 1. The molecule has 134 valence electrons. The zero-order chi connectivity index (χ0) is 18.1. The van der Waals surface area contributed by atoms with Crippen LogP contribution in [0.25, 0.3) is 22.3 Å². The van der Waals surface area contributed by atoms with Crippen molar-refractivity contribution in [2.75, 3.05) is 25.6 Å². The molecular formula is C18H18N4O4. The highest BCUT2D eigenvalue weighted by atomic mass is 16.5. The van der Waals surface area contributed by atoms with Crippen molar-refractivity contribution in [1.82, 2.24) is 15.0 Å². The van der Waals surface area contributed by atoms with Crippen molar-refractivity contribution < 1.29 is 19.4 Å². The molecule has 0 unspecified atom stereocenters. The summed E-state index contributed by atoms with van der Waals surface area (Å²) in [5, 5.41) is 13.5. The quantitative estimate of drug-likeness (QED) is 0.646. The third kappa shape index (κ3) is 2.84. The lowest BCUT2D eigenvalue weighted by atomic mass is 10.1. The van der Waals surface area contributed by atoms with Crippen LogP contribution in [0.15, 0.2) is 30.5 Å². The molecule has 0 radical (unpaired) electrons.